The average Bonchev–Trinajstić information content (AvgIpc) is 3.59. The number of nitrogens with zero attached hydrogens (tertiary/aromatic N) is 4. The van der Waals surface area contributed by atoms with Crippen LogP contribution in [0.15, 0.2) is 134 Å². The predicted molar refractivity (Wildman–Crippen MR) is 202 cm³/mol. The zero-order chi connectivity index (χ0) is 34.6. The second-order valence-corrected chi connectivity index (χ2v) is 15.5. The molecular weight excluding hydrogens is 796 g/mol. The third-order valence-electron chi connectivity index (χ3n) is 9.32. The molecule has 0 amide bonds. The molecule has 5 aromatic carbocycles. The zero-order valence-corrected chi connectivity index (χ0v) is 31.3. The molecule has 8 aromatic rings. The van der Waals surface area contributed by atoms with Crippen molar-refractivity contribution < 1.29 is 24.1 Å². The van der Waals surface area contributed by atoms with E-state index in [2.05, 4.69) is 189 Å². The van der Waals surface area contributed by atoms with Gasteiger partial charge in [0.25, 0.3) is 0 Å². The van der Waals surface area contributed by atoms with Gasteiger partial charge >= 0.3 is 249 Å². The first-order valence-corrected chi connectivity index (χ1v) is 18.3. The van der Waals surface area contributed by atoms with E-state index in [1.807, 2.05) is 12.3 Å². The Morgan fingerprint density at radius 1 is 0.620 bits per heavy atom. The Hall–Kier alpha value is -4.99. The first-order valence-electron chi connectivity index (χ1n) is 17.2. The molecule has 5 nitrogen and oxygen atoms in total. The first-order chi connectivity index (χ1) is 24.2. The number of aromatic nitrogens is 4. The summed E-state index contributed by atoms with van der Waals surface area (Å²) in [5.41, 5.74) is 9.29. The van der Waals surface area contributed by atoms with Gasteiger partial charge in [-0.1, -0.05) is 32.9 Å². The molecule has 8 rings (SSSR count). The predicted octanol–water partition coefficient (Wildman–Crippen LogP) is 11.3. The van der Waals surface area contributed by atoms with E-state index in [9.17, 15) is 0 Å². The van der Waals surface area contributed by atoms with E-state index in [-0.39, 0.29) is 5.41 Å². The van der Waals surface area contributed by atoms with E-state index in [0.717, 1.165) is 55.3 Å². The minimum atomic E-state index is 0.00963. The number of hydrogen-bond donors (Lipinski definition) is 0. The molecule has 0 fully saturated rings. The standard InChI is InChI=1S/C44H40N4O.Pt/c1-30(2)24-31-12-10-13-33(25-31)46-29-47(41-19-9-8-18-40(41)46)34-14-11-15-35(27-34)49-36-20-21-38-37-16-6-7-17-39(37)48(42(38)28-36)43-26-32(22-23-45-43)44(3,4)5;/h6-23,25-28,30H,24H2,1-5H3;. The van der Waals surface area contributed by atoms with Crippen LogP contribution in [-0.2, 0) is 31.2 Å². The van der Waals surface area contributed by atoms with Gasteiger partial charge in [0.1, 0.15) is 0 Å². The van der Waals surface area contributed by atoms with Crippen molar-refractivity contribution in [1.29, 1.82) is 0 Å². The zero-order valence-electron chi connectivity index (χ0n) is 29.0. The van der Waals surface area contributed by atoms with Crippen molar-refractivity contribution in [3.8, 4) is 28.7 Å². The molecule has 0 aliphatic carbocycles. The van der Waals surface area contributed by atoms with Crippen molar-refractivity contribution in [2.24, 2.45) is 5.92 Å². The Morgan fingerprint density at radius 3 is 1.98 bits per heavy atom. The summed E-state index contributed by atoms with van der Waals surface area (Å²) in [6.45, 7) is 11.2. The maximum absolute atomic E-state index is 6.65. The molecule has 0 bridgehead atoms. The number of para-hydroxylation sites is 3. The topological polar surface area (TPSA) is 36.9 Å². The molecule has 0 radical (unpaired) electrons. The molecule has 0 unspecified atom stereocenters. The maximum atomic E-state index is 6.65. The van der Waals surface area contributed by atoms with Crippen LogP contribution >= 0.6 is 0 Å². The molecule has 0 spiro atoms. The van der Waals surface area contributed by atoms with Crippen molar-refractivity contribution in [3.05, 3.63) is 149 Å². The van der Waals surface area contributed by atoms with E-state index < -0.39 is 0 Å². The fourth-order valence-corrected chi connectivity index (χ4v) is 8.12. The number of imidazole rings is 1. The fraction of sp³-hybridized carbons (Fsp3) is 0.182. The van der Waals surface area contributed by atoms with E-state index in [0.29, 0.717) is 5.92 Å². The van der Waals surface area contributed by atoms with E-state index in [1.165, 1.54) is 27.6 Å². The molecule has 0 atom stereocenters. The third-order valence-corrected chi connectivity index (χ3v) is 10.3. The van der Waals surface area contributed by atoms with Gasteiger partial charge in [-0.15, -0.1) is 0 Å². The second kappa shape index (κ2) is 12.7. The minimum absolute atomic E-state index is 0.00963. The molecular formula is C44H40N4OPt. The third kappa shape index (κ3) is 5.84. The van der Waals surface area contributed by atoms with Crippen LogP contribution in [0.2, 0.25) is 0 Å². The summed E-state index contributed by atoms with van der Waals surface area (Å²) < 4.78 is 14.7. The second-order valence-electron chi connectivity index (χ2n) is 14.5. The molecule has 6 heteroatoms. The van der Waals surface area contributed by atoms with Crippen LogP contribution in [-0.4, -0.2) is 18.7 Å². The van der Waals surface area contributed by atoms with Gasteiger partial charge in [-0.05, 0) is 17.0 Å². The van der Waals surface area contributed by atoms with Crippen molar-refractivity contribution in [3.63, 3.8) is 0 Å². The van der Waals surface area contributed by atoms with Crippen molar-refractivity contribution in [2.75, 3.05) is 0 Å². The van der Waals surface area contributed by atoms with Gasteiger partial charge in [-0.25, -0.2) is 0 Å². The SMILES string of the molecule is CC(C)Cc1cccc(-n2[c](=[Pt])n(-c3cccc(Oc4ccc5c6ccccc6n(-c6cc(C(C)(C)C)ccn6)c5c4)c3)c3ccccc32)c1. The van der Waals surface area contributed by atoms with Crippen molar-refractivity contribution >= 4 is 32.8 Å². The van der Waals surface area contributed by atoms with Crippen molar-refractivity contribution in [2.45, 2.75) is 46.5 Å². The summed E-state index contributed by atoms with van der Waals surface area (Å²) in [7, 11) is 0. The van der Waals surface area contributed by atoms with Crippen LogP contribution in [0.25, 0.3) is 50.0 Å². The van der Waals surface area contributed by atoms with E-state index in [1.54, 1.807) is 0 Å². The van der Waals surface area contributed by atoms with Crippen LogP contribution in [0.1, 0.15) is 45.7 Å². The Bertz CT molecular complexity index is 2600. The molecule has 0 aliphatic heterocycles. The van der Waals surface area contributed by atoms with E-state index in [4.69, 9.17) is 9.72 Å². The molecule has 50 heavy (non-hydrogen) atoms. The van der Waals surface area contributed by atoms with Gasteiger partial charge < -0.3 is 0 Å². The quantitative estimate of drug-likeness (QED) is 0.160. The molecule has 0 saturated heterocycles. The Labute approximate surface area is 303 Å². The molecule has 0 saturated carbocycles. The average molecular weight is 836 g/mol. The van der Waals surface area contributed by atoms with Gasteiger partial charge in [-0.3, -0.25) is 0 Å². The normalized spacial score (nSPS) is 12.1. The molecule has 0 N–H and O–H groups in total. The molecule has 0 aliphatic rings. The van der Waals surface area contributed by atoms with Gasteiger partial charge in [-0.2, -0.15) is 0 Å². The fourth-order valence-electron chi connectivity index (χ4n) is 6.99. The van der Waals surface area contributed by atoms with Crippen LogP contribution in [0, 0.1) is 9.72 Å². The summed E-state index contributed by atoms with van der Waals surface area (Å²) in [5, 5.41) is 2.36. The van der Waals surface area contributed by atoms with Crippen LogP contribution in [0.3, 0.4) is 0 Å². The number of benzene rings is 5. The van der Waals surface area contributed by atoms with Gasteiger partial charge in [0.2, 0.25) is 0 Å². The molecule has 3 heterocycles. The van der Waals surface area contributed by atoms with Crippen LogP contribution in [0.4, 0.5) is 0 Å². The first kappa shape index (κ1) is 32.2. The van der Waals surface area contributed by atoms with Crippen LogP contribution in [0.5, 0.6) is 11.5 Å². The number of rotatable bonds is 7. The Kier molecular flexibility index (Phi) is 8.20. The summed E-state index contributed by atoms with van der Waals surface area (Å²) >= 11 is 2.46. The number of pyridine rings is 1. The summed E-state index contributed by atoms with van der Waals surface area (Å²) in [5.74, 6) is 3.05. The van der Waals surface area contributed by atoms with E-state index >= 15 is 0 Å². The number of ether oxygens (including phenoxy) is 1. The summed E-state index contributed by atoms with van der Waals surface area (Å²) in [6, 6.07) is 45.1. The molecule has 3 aromatic heterocycles. The van der Waals surface area contributed by atoms with Gasteiger partial charge in [0.05, 0.1) is 0 Å². The summed E-state index contributed by atoms with van der Waals surface area (Å²) in [6.07, 6.45) is 2.97. The Balaban J connectivity index is 1.21. The summed E-state index contributed by atoms with van der Waals surface area (Å²) in [4.78, 5) is 4.85. The number of fused-ring (bicyclic) bond motifs is 4. The Morgan fingerprint density at radius 2 is 1.26 bits per heavy atom. The van der Waals surface area contributed by atoms with Crippen molar-refractivity contribution in [1.82, 2.24) is 18.7 Å². The van der Waals surface area contributed by atoms with Crippen LogP contribution < -0.4 is 4.74 Å². The van der Waals surface area contributed by atoms with Gasteiger partial charge in [0, 0.05) is 6.20 Å². The number of hydrogen-bond acceptors (Lipinski definition) is 2. The van der Waals surface area contributed by atoms with Gasteiger partial charge in [0.15, 0.2) is 0 Å². The molecule has 252 valence electrons. The monoisotopic (exact) mass is 835 g/mol.